The van der Waals surface area contributed by atoms with Crippen LogP contribution in [0.5, 0.6) is 0 Å². The summed E-state index contributed by atoms with van der Waals surface area (Å²) in [5, 5.41) is 33.4. The van der Waals surface area contributed by atoms with Crippen LogP contribution in [0.3, 0.4) is 0 Å². The Balaban J connectivity index is 2.77. The van der Waals surface area contributed by atoms with Gasteiger partial charge in [-0.25, -0.2) is 4.79 Å². The lowest BCUT2D eigenvalue weighted by Gasteiger charge is -2.22. The highest BCUT2D eigenvalue weighted by molar-refractivity contribution is 5.67. The van der Waals surface area contributed by atoms with Crippen LogP contribution in [0.1, 0.15) is 38.0 Å². The lowest BCUT2D eigenvalue weighted by Crippen LogP contribution is -2.39. The number of aliphatic hydroxyl groups excluding tert-OH is 2. The molecule has 1 aromatic carbocycles. The molecule has 23 heavy (non-hydrogen) atoms. The van der Waals surface area contributed by atoms with E-state index >= 15 is 0 Å². The Labute approximate surface area is 134 Å². The maximum absolute atomic E-state index is 11.5. The zero-order chi connectivity index (χ0) is 17.8. The number of nitro groups is 1. The number of rotatable bonds is 5. The average molecular weight is 326 g/mol. The first-order valence-electron chi connectivity index (χ1n) is 7.09. The van der Waals surface area contributed by atoms with Crippen molar-refractivity contribution in [2.24, 2.45) is 0 Å². The first-order valence-corrected chi connectivity index (χ1v) is 7.09. The van der Waals surface area contributed by atoms with E-state index in [4.69, 9.17) is 4.74 Å². The summed E-state index contributed by atoms with van der Waals surface area (Å²) < 4.78 is 5.00. The fourth-order valence-corrected chi connectivity index (χ4v) is 1.90. The van der Waals surface area contributed by atoms with E-state index in [9.17, 15) is 25.1 Å². The Morgan fingerprint density at radius 1 is 1.39 bits per heavy atom. The molecule has 0 saturated heterocycles. The van der Waals surface area contributed by atoms with Gasteiger partial charge in [0, 0.05) is 12.6 Å². The molecule has 0 aliphatic heterocycles. The van der Waals surface area contributed by atoms with Crippen molar-refractivity contribution >= 4 is 11.8 Å². The molecule has 1 aromatic rings. The molecule has 3 N–H and O–H groups in total. The number of benzene rings is 1. The predicted octanol–water partition coefficient (Wildman–Crippen LogP) is 1.82. The van der Waals surface area contributed by atoms with Crippen molar-refractivity contribution in [3.05, 3.63) is 39.4 Å². The second-order valence-corrected chi connectivity index (χ2v) is 6.21. The molecule has 128 valence electrons. The first kappa shape index (κ1) is 18.9. The number of nitro benzene ring substituents is 1. The van der Waals surface area contributed by atoms with Gasteiger partial charge in [-0.1, -0.05) is 11.6 Å². The number of nitrogens with one attached hydrogen (secondary N) is 1. The third kappa shape index (κ3) is 5.84. The summed E-state index contributed by atoms with van der Waals surface area (Å²) >= 11 is 0. The fraction of sp³-hybridized carbons (Fsp3) is 0.533. The van der Waals surface area contributed by atoms with Crippen LogP contribution in [0.15, 0.2) is 18.2 Å². The highest BCUT2D eigenvalue weighted by Crippen LogP contribution is 2.28. The smallest absolute Gasteiger partial charge is 0.407 e. The topological polar surface area (TPSA) is 122 Å². The van der Waals surface area contributed by atoms with Crippen molar-refractivity contribution in [1.82, 2.24) is 5.32 Å². The van der Waals surface area contributed by atoms with Gasteiger partial charge in [-0.2, -0.15) is 0 Å². The number of hydrogen-bond acceptors (Lipinski definition) is 6. The minimum absolute atomic E-state index is 0.00603. The number of alkyl carbamates (subject to hydrolysis) is 1. The molecule has 0 heterocycles. The van der Waals surface area contributed by atoms with Gasteiger partial charge in [0.2, 0.25) is 0 Å². The molecule has 8 heteroatoms. The normalized spacial score (nSPS) is 14.0. The Morgan fingerprint density at radius 2 is 2.00 bits per heavy atom. The van der Waals surface area contributed by atoms with Crippen molar-refractivity contribution in [1.29, 1.82) is 0 Å². The van der Waals surface area contributed by atoms with Crippen LogP contribution >= 0.6 is 0 Å². The summed E-state index contributed by atoms with van der Waals surface area (Å²) in [5.41, 5.74) is -0.284. The molecule has 0 fully saturated rings. The van der Waals surface area contributed by atoms with Crippen LogP contribution < -0.4 is 5.32 Å². The van der Waals surface area contributed by atoms with Crippen LogP contribution in [0.4, 0.5) is 10.5 Å². The van der Waals surface area contributed by atoms with Gasteiger partial charge in [0.1, 0.15) is 17.8 Å². The maximum Gasteiger partial charge on any atom is 0.407 e. The summed E-state index contributed by atoms with van der Waals surface area (Å²) in [6, 6.07) is 4.24. The number of aryl methyl sites for hydroxylation is 1. The highest BCUT2D eigenvalue weighted by atomic mass is 16.6. The minimum atomic E-state index is -1.51. The van der Waals surface area contributed by atoms with Gasteiger partial charge in [0.05, 0.1) is 10.5 Å². The second-order valence-electron chi connectivity index (χ2n) is 6.21. The molecule has 0 saturated carbocycles. The Morgan fingerprint density at radius 3 is 2.52 bits per heavy atom. The lowest BCUT2D eigenvalue weighted by molar-refractivity contribution is -0.386. The molecule has 0 aliphatic rings. The fourth-order valence-electron chi connectivity index (χ4n) is 1.90. The van der Waals surface area contributed by atoms with E-state index < -0.39 is 28.8 Å². The van der Waals surface area contributed by atoms with E-state index in [-0.39, 0.29) is 17.8 Å². The van der Waals surface area contributed by atoms with Gasteiger partial charge in [0.25, 0.3) is 5.69 Å². The van der Waals surface area contributed by atoms with Crippen molar-refractivity contribution in [2.45, 2.75) is 45.5 Å². The minimum Gasteiger partial charge on any atom is -0.444 e. The zero-order valence-corrected chi connectivity index (χ0v) is 13.6. The van der Waals surface area contributed by atoms with Crippen LogP contribution in [0.25, 0.3) is 0 Å². The predicted molar refractivity (Wildman–Crippen MR) is 83.0 cm³/mol. The molecule has 1 amide bonds. The summed E-state index contributed by atoms with van der Waals surface area (Å²) in [6.07, 6.45) is -3.67. The van der Waals surface area contributed by atoms with E-state index in [2.05, 4.69) is 5.32 Å². The largest absolute Gasteiger partial charge is 0.444 e. The van der Waals surface area contributed by atoms with E-state index in [1.54, 1.807) is 33.8 Å². The van der Waals surface area contributed by atoms with Crippen molar-refractivity contribution < 1.29 is 24.7 Å². The SMILES string of the molecule is Cc1ccc([N+](=O)[O-])c(C(O)C(O)CNC(=O)OC(C)(C)C)c1. The van der Waals surface area contributed by atoms with Gasteiger partial charge in [0.15, 0.2) is 0 Å². The summed E-state index contributed by atoms with van der Waals surface area (Å²) in [6.45, 7) is 6.47. The van der Waals surface area contributed by atoms with Gasteiger partial charge in [-0.3, -0.25) is 10.1 Å². The third-order valence-electron chi connectivity index (χ3n) is 2.92. The highest BCUT2D eigenvalue weighted by Gasteiger charge is 2.27. The van der Waals surface area contributed by atoms with Crippen molar-refractivity contribution in [3.63, 3.8) is 0 Å². The molecule has 0 radical (unpaired) electrons. The Hall–Kier alpha value is -2.19. The Bertz CT molecular complexity index is 582. The third-order valence-corrected chi connectivity index (χ3v) is 2.92. The second kappa shape index (κ2) is 7.38. The molecule has 0 spiro atoms. The summed E-state index contributed by atoms with van der Waals surface area (Å²) in [7, 11) is 0. The molecule has 0 aromatic heterocycles. The number of aliphatic hydroxyl groups is 2. The van der Waals surface area contributed by atoms with Gasteiger partial charge >= 0.3 is 6.09 Å². The number of carbonyl (C=O) groups excluding carboxylic acids is 1. The van der Waals surface area contributed by atoms with Crippen LogP contribution in [-0.2, 0) is 4.74 Å². The molecule has 0 aliphatic carbocycles. The number of carbonyl (C=O) groups is 1. The van der Waals surface area contributed by atoms with Crippen molar-refractivity contribution in [3.8, 4) is 0 Å². The molecule has 2 unspecified atom stereocenters. The van der Waals surface area contributed by atoms with Gasteiger partial charge in [-0.15, -0.1) is 0 Å². The molecule has 2 atom stereocenters. The van der Waals surface area contributed by atoms with Crippen LogP contribution in [0.2, 0.25) is 0 Å². The first-order chi connectivity index (χ1) is 10.5. The standard InChI is InChI=1S/C15H22N2O6/c1-9-5-6-11(17(21)22)10(7-9)13(19)12(18)8-16-14(20)23-15(2,3)4/h5-7,12-13,18-19H,8H2,1-4H3,(H,16,20). The van der Waals surface area contributed by atoms with Gasteiger partial charge in [-0.05, 0) is 33.8 Å². The molecule has 1 rings (SSSR count). The number of nitrogens with zero attached hydrogens (tertiary/aromatic N) is 1. The van der Waals surface area contributed by atoms with E-state index in [1.807, 2.05) is 0 Å². The van der Waals surface area contributed by atoms with Crippen molar-refractivity contribution in [2.75, 3.05) is 6.54 Å². The maximum atomic E-state index is 11.5. The average Bonchev–Trinajstić information content (AvgIpc) is 2.41. The van der Waals surface area contributed by atoms with Gasteiger partial charge < -0.3 is 20.3 Å². The molecular formula is C15H22N2O6. The number of hydrogen-bond donors (Lipinski definition) is 3. The Kier molecular flexibility index (Phi) is 6.05. The lowest BCUT2D eigenvalue weighted by atomic mass is 10.00. The van der Waals surface area contributed by atoms with Crippen LogP contribution in [0, 0.1) is 17.0 Å². The number of ether oxygens (including phenoxy) is 1. The zero-order valence-electron chi connectivity index (χ0n) is 13.6. The molecule has 0 bridgehead atoms. The monoisotopic (exact) mass is 326 g/mol. The summed E-state index contributed by atoms with van der Waals surface area (Å²) in [5.74, 6) is 0. The van der Waals surface area contributed by atoms with Crippen LogP contribution in [-0.4, -0.2) is 39.5 Å². The number of amides is 1. The molecule has 8 nitrogen and oxygen atoms in total. The summed E-state index contributed by atoms with van der Waals surface area (Å²) in [4.78, 5) is 21.9. The van der Waals surface area contributed by atoms with E-state index in [0.717, 1.165) is 0 Å². The van der Waals surface area contributed by atoms with E-state index in [0.29, 0.717) is 5.56 Å². The molecular weight excluding hydrogens is 304 g/mol. The quantitative estimate of drug-likeness (QED) is 0.560. The van der Waals surface area contributed by atoms with E-state index in [1.165, 1.54) is 12.1 Å².